The first kappa shape index (κ1) is 19.9. The highest BCUT2D eigenvalue weighted by Gasteiger charge is 2.13. The van der Waals surface area contributed by atoms with Crippen molar-refractivity contribution in [3.63, 3.8) is 0 Å². The lowest BCUT2D eigenvalue weighted by Crippen LogP contribution is -2.30. The van der Waals surface area contributed by atoms with Gasteiger partial charge in [0.25, 0.3) is 5.91 Å². The summed E-state index contributed by atoms with van der Waals surface area (Å²) < 4.78 is 1.72. The lowest BCUT2D eigenvalue weighted by molar-refractivity contribution is 0.0977. The van der Waals surface area contributed by atoms with Gasteiger partial charge in [-0.1, -0.05) is 0 Å². The van der Waals surface area contributed by atoms with Gasteiger partial charge in [0.2, 0.25) is 0 Å². The predicted molar refractivity (Wildman–Crippen MR) is 120 cm³/mol. The number of carbonyl (C=O) groups is 1. The molecule has 0 saturated carbocycles. The number of hydrogen-bond donors (Lipinski definition) is 1. The number of amidine groups is 1. The van der Waals surface area contributed by atoms with Gasteiger partial charge in [0.15, 0.2) is 0 Å². The number of nitrogens with zero attached hydrogens (tertiary/aromatic N) is 6. The third-order valence-corrected chi connectivity index (χ3v) is 4.67. The second-order valence-corrected chi connectivity index (χ2v) is 7.21. The molecule has 0 bridgehead atoms. The van der Waals surface area contributed by atoms with Gasteiger partial charge in [-0.2, -0.15) is 5.26 Å². The molecule has 8 nitrogen and oxygen atoms in total. The van der Waals surface area contributed by atoms with E-state index in [9.17, 15) is 10.1 Å². The number of benzene rings is 2. The first-order chi connectivity index (χ1) is 14.9. The standard InChI is InChI=1S/C23H19N7O/c1-15-25-13-22(27-15)28-23(31)18-9-16(8-17(10-18)12-24)6-7-30-14-26-20-11-19(29(2)3)4-5-21(20)30/h4-5,8-11,13-15H,1-3H3,(H,27,28,31). The number of anilines is 1. The smallest absolute Gasteiger partial charge is 0.256 e. The van der Waals surface area contributed by atoms with Crippen LogP contribution in [0.15, 0.2) is 52.7 Å². The summed E-state index contributed by atoms with van der Waals surface area (Å²) in [6.45, 7) is 1.82. The van der Waals surface area contributed by atoms with Gasteiger partial charge in [-0.05, 0) is 49.2 Å². The summed E-state index contributed by atoms with van der Waals surface area (Å²) in [6.07, 6.45) is 2.96. The van der Waals surface area contributed by atoms with Gasteiger partial charge >= 0.3 is 0 Å². The van der Waals surface area contributed by atoms with Crippen molar-refractivity contribution < 1.29 is 4.79 Å². The van der Waals surface area contributed by atoms with Crippen LogP contribution in [0, 0.1) is 23.3 Å². The van der Waals surface area contributed by atoms with Gasteiger partial charge in [-0.15, -0.1) is 0 Å². The number of imidazole rings is 1. The Bertz CT molecular complexity index is 1350. The van der Waals surface area contributed by atoms with Crippen molar-refractivity contribution in [1.82, 2.24) is 14.9 Å². The van der Waals surface area contributed by atoms with Crippen LogP contribution in [-0.4, -0.2) is 47.8 Å². The van der Waals surface area contributed by atoms with Crippen LogP contribution in [0.3, 0.4) is 0 Å². The average molecular weight is 409 g/mol. The van der Waals surface area contributed by atoms with Gasteiger partial charge < -0.3 is 10.2 Å². The number of carbonyl (C=O) groups excluding carboxylic acids is 1. The molecule has 1 aliphatic heterocycles. The second kappa shape index (κ2) is 8.13. The fraction of sp³-hybridized carbons (Fsp3) is 0.174. The number of fused-ring (bicyclic) bond motifs is 1. The van der Waals surface area contributed by atoms with Crippen molar-refractivity contribution in [2.24, 2.45) is 9.98 Å². The number of aliphatic imine (C=N–C) groups is 2. The zero-order valence-electron chi connectivity index (χ0n) is 17.3. The normalized spacial score (nSPS) is 14.5. The summed E-state index contributed by atoms with van der Waals surface area (Å²) >= 11 is 0. The number of aromatic nitrogens is 2. The van der Waals surface area contributed by atoms with E-state index in [2.05, 4.69) is 38.3 Å². The molecule has 3 aromatic rings. The van der Waals surface area contributed by atoms with Crippen molar-refractivity contribution in [3.8, 4) is 18.0 Å². The topological polar surface area (TPSA) is 98.7 Å². The molecule has 2 heterocycles. The summed E-state index contributed by atoms with van der Waals surface area (Å²) in [6, 6.07) is 15.9. The van der Waals surface area contributed by atoms with E-state index in [0.29, 0.717) is 22.5 Å². The molecule has 0 fully saturated rings. The zero-order valence-corrected chi connectivity index (χ0v) is 17.3. The SMILES string of the molecule is CC1N=CC(NC(=O)c2cc(C#N)cc(C#Cn3cnc4cc(N(C)C)ccc43)c2)=N1. The van der Waals surface area contributed by atoms with E-state index in [1.165, 1.54) is 12.3 Å². The van der Waals surface area contributed by atoms with Crippen LogP contribution in [0.25, 0.3) is 11.0 Å². The molecule has 1 aromatic heterocycles. The lowest BCUT2D eigenvalue weighted by atomic mass is 10.1. The molecule has 1 aliphatic rings. The van der Waals surface area contributed by atoms with Crippen molar-refractivity contribution in [2.45, 2.75) is 13.1 Å². The minimum Gasteiger partial charge on any atom is -0.378 e. The quantitative estimate of drug-likeness (QED) is 0.657. The highest BCUT2D eigenvalue weighted by atomic mass is 16.1. The Morgan fingerprint density at radius 1 is 1.19 bits per heavy atom. The van der Waals surface area contributed by atoms with Crippen LogP contribution >= 0.6 is 0 Å². The summed E-state index contributed by atoms with van der Waals surface area (Å²) in [4.78, 5) is 27.3. The molecule has 1 unspecified atom stereocenters. The third-order valence-electron chi connectivity index (χ3n) is 4.67. The molecule has 0 aliphatic carbocycles. The summed E-state index contributed by atoms with van der Waals surface area (Å²) in [7, 11) is 3.95. The average Bonchev–Trinajstić information content (AvgIpc) is 3.36. The Morgan fingerprint density at radius 3 is 2.71 bits per heavy atom. The Labute approximate surface area is 179 Å². The predicted octanol–water partition coefficient (Wildman–Crippen LogP) is 2.39. The largest absolute Gasteiger partial charge is 0.378 e. The van der Waals surface area contributed by atoms with Gasteiger partial charge in [0.05, 0.1) is 28.9 Å². The number of rotatable bonds is 2. The van der Waals surface area contributed by atoms with Gasteiger partial charge in [0.1, 0.15) is 18.3 Å². The van der Waals surface area contributed by atoms with Gasteiger partial charge in [-0.25, -0.2) is 9.98 Å². The van der Waals surface area contributed by atoms with Gasteiger partial charge in [-0.3, -0.25) is 14.4 Å². The molecule has 2 aromatic carbocycles. The minimum atomic E-state index is -0.372. The Balaban J connectivity index is 1.63. The molecule has 1 N–H and O–H groups in total. The summed E-state index contributed by atoms with van der Waals surface area (Å²) in [5.41, 5.74) is 3.98. The summed E-state index contributed by atoms with van der Waals surface area (Å²) in [5, 5.41) is 12.1. The maximum absolute atomic E-state index is 12.6. The van der Waals surface area contributed by atoms with Crippen molar-refractivity contribution in [1.29, 1.82) is 5.26 Å². The van der Waals surface area contributed by atoms with E-state index >= 15 is 0 Å². The molecule has 0 spiro atoms. The molecule has 0 radical (unpaired) electrons. The lowest BCUT2D eigenvalue weighted by Gasteiger charge is -2.11. The molecule has 4 rings (SSSR count). The molecular weight excluding hydrogens is 390 g/mol. The number of nitriles is 1. The highest BCUT2D eigenvalue weighted by molar-refractivity contribution is 6.34. The first-order valence-electron chi connectivity index (χ1n) is 9.57. The monoisotopic (exact) mass is 409 g/mol. The van der Waals surface area contributed by atoms with Crippen molar-refractivity contribution in [2.75, 3.05) is 19.0 Å². The number of nitrogens with one attached hydrogen (secondary N) is 1. The fourth-order valence-electron chi connectivity index (χ4n) is 3.09. The highest BCUT2D eigenvalue weighted by Crippen LogP contribution is 2.19. The van der Waals surface area contributed by atoms with Crippen LogP contribution in [0.2, 0.25) is 0 Å². The Kier molecular flexibility index (Phi) is 5.21. The van der Waals surface area contributed by atoms with Crippen LogP contribution in [0.5, 0.6) is 0 Å². The van der Waals surface area contributed by atoms with E-state index in [1.807, 2.05) is 44.1 Å². The van der Waals surface area contributed by atoms with Gasteiger partial charge in [0, 0.05) is 37.0 Å². The van der Waals surface area contributed by atoms with E-state index in [-0.39, 0.29) is 12.1 Å². The Hall–Kier alpha value is -4.43. The van der Waals surface area contributed by atoms with Crippen LogP contribution < -0.4 is 10.2 Å². The van der Waals surface area contributed by atoms with Crippen molar-refractivity contribution >= 4 is 34.7 Å². The number of amides is 1. The van der Waals surface area contributed by atoms with Crippen molar-refractivity contribution in [3.05, 3.63) is 59.4 Å². The minimum absolute atomic E-state index is 0.207. The van der Waals surface area contributed by atoms with E-state index in [4.69, 9.17) is 0 Å². The molecule has 8 heteroatoms. The van der Waals surface area contributed by atoms with E-state index in [0.717, 1.165) is 16.7 Å². The molecule has 31 heavy (non-hydrogen) atoms. The molecule has 1 amide bonds. The maximum atomic E-state index is 12.6. The zero-order chi connectivity index (χ0) is 22.0. The maximum Gasteiger partial charge on any atom is 0.256 e. The molecular formula is C23H19N7O. The molecule has 1 atom stereocenters. The van der Waals surface area contributed by atoms with Crippen LogP contribution in [0.4, 0.5) is 5.69 Å². The molecule has 0 saturated heterocycles. The fourth-order valence-corrected chi connectivity index (χ4v) is 3.09. The number of hydrogen-bond acceptors (Lipinski definition) is 6. The second-order valence-electron chi connectivity index (χ2n) is 7.21. The summed E-state index contributed by atoms with van der Waals surface area (Å²) in [5.74, 6) is 3.05. The van der Waals surface area contributed by atoms with Crippen LogP contribution in [-0.2, 0) is 0 Å². The van der Waals surface area contributed by atoms with Crippen LogP contribution in [0.1, 0.15) is 28.4 Å². The Morgan fingerprint density at radius 2 is 2.00 bits per heavy atom. The van der Waals surface area contributed by atoms with E-state index < -0.39 is 0 Å². The first-order valence-corrected chi connectivity index (χ1v) is 9.57. The van der Waals surface area contributed by atoms with E-state index in [1.54, 1.807) is 23.0 Å². The third kappa shape index (κ3) is 4.29. The molecule has 152 valence electrons.